The molecular formula is C21H21ClN6O. The molecule has 8 heteroatoms. The predicted octanol–water partition coefficient (Wildman–Crippen LogP) is 4.01. The van der Waals surface area contributed by atoms with Crippen LogP contribution >= 0.6 is 11.6 Å². The molecule has 2 N–H and O–H groups in total. The van der Waals surface area contributed by atoms with E-state index in [0.717, 1.165) is 0 Å². The minimum absolute atomic E-state index is 0.138. The number of anilines is 1. The zero-order valence-corrected chi connectivity index (χ0v) is 17.1. The molecule has 1 heterocycles. The Labute approximate surface area is 175 Å². The summed E-state index contributed by atoms with van der Waals surface area (Å²) in [5, 5.41) is 25.1. The molecule has 1 atom stereocenters. The third-order valence-corrected chi connectivity index (χ3v) is 4.18. The van der Waals surface area contributed by atoms with Crippen molar-refractivity contribution in [2.24, 2.45) is 16.3 Å². The van der Waals surface area contributed by atoms with Gasteiger partial charge in [-0.15, -0.1) is 0 Å². The summed E-state index contributed by atoms with van der Waals surface area (Å²) in [6.07, 6.45) is 2.46. The van der Waals surface area contributed by atoms with Gasteiger partial charge in [0.25, 0.3) is 5.91 Å². The average molecular weight is 409 g/mol. The van der Waals surface area contributed by atoms with E-state index in [2.05, 4.69) is 20.6 Å². The van der Waals surface area contributed by atoms with Crippen molar-refractivity contribution >= 4 is 29.0 Å². The Hall–Kier alpha value is -3.42. The van der Waals surface area contributed by atoms with Crippen molar-refractivity contribution in [2.45, 2.75) is 26.9 Å². The zero-order valence-electron chi connectivity index (χ0n) is 16.3. The van der Waals surface area contributed by atoms with E-state index in [0.29, 0.717) is 16.3 Å². The van der Waals surface area contributed by atoms with Gasteiger partial charge in [-0.3, -0.25) is 9.78 Å². The maximum absolute atomic E-state index is 12.7. The SMILES string of the molecule is CC(C)(C)C(N=C(Nc1cccnc1)C(C#N)C#N)NC(=O)c1ccc(Cl)cc1. The number of hydrogen-bond acceptors (Lipinski definition) is 5. The number of amides is 1. The molecule has 0 aliphatic rings. The first kappa shape index (κ1) is 21.9. The van der Waals surface area contributed by atoms with Gasteiger partial charge in [0.1, 0.15) is 12.0 Å². The predicted molar refractivity (Wildman–Crippen MR) is 112 cm³/mol. The van der Waals surface area contributed by atoms with Crippen LogP contribution in [0, 0.1) is 34.0 Å². The highest BCUT2D eigenvalue weighted by Gasteiger charge is 2.28. The number of nitrogens with zero attached hydrogens (tertiary/aromatic N) is 4. The number of aromatic nitrogens is 1. The lowest BCUT2D eigenvalue weighted by molar-refractivity contribution is 0.0906. The van der Waals surface area contributed by atoms with E-state index in [1.807, 2.05) is 32.9 Å². The molecule has 0 saturated heterocycles. The number of aliphatic imine (C=N–C) groups is 1. The highest BCUT2D eigenvalue weighted by molar-refractivity contribution is 6.30. The van der Waals surface area contributed by atoms with Crippen molar-refractivity contribution in [3.8, 4) is 12.1 Å². The third kappa shape index (κ3) is 6.31. The summed E-state index contributed by atoms with van der Waals surface area (Å²) >= 11 is 5.88. The molecule has 29 heavy (non-hydrogen) atoms. The van der Waals surface area contributed by atoms with Crippen LogP contribution in [-0.4, -0.2) is 22.9 Å². The van der Waals surface area contributed by atoms with Gasteiger partial charge in [0.2, 0.25) is 0 Å². The number of carbonyl (C=O) groups excluding carboxylic acids is 1. The molecule has 0 bridgehead atoms. The lowest BCUT2D eigenvalue weighted by Gasteiger charge is -2.29. The van der Waals surface area contributed by atoms with E-state index in [4.69, 9.17) is 11.6 Å². The molecule has 148 valence electrons. The summed E-state index contributed by atoms with van der Waals surface area (Å²) < 4.78 is 0. The molecule has 1 aromatic heterocycles. The third-order valence-electron chi connectivity index (χ3n) is 3.93. The molecule has 2 rings (SSSR count). The minimum Gasteiger partial charge on any atom is -0.341 e. The molecule has 1 unspecified atom stereocenters. The maximum Gasteiger partial charge on any atom is 0.252 e. The van der Waals surface area contributed by atoms with E-state index in [1.54, 1.807) is 48.8 Å². The Morgan fingerprint density at radius 1 is 1.17 bits per heavy atom. The summed E-state index contributed by atoms with van der Waals surface area (Å²) in [5.74, 6) is -1.33. The lowest BCUT2D eigenvalue weighted by Crippen LogP contribution is -2.44. The second kappa shape index (κ2) is 9.68. The number of nitriles is 2. The van der Waals surface area contributed by atoms with Crippen LogP contribution in [0.1, 0.15) is 31.1 Å². The second-order valence-electron chi connectivity index (χ2n) is 7.32. The molecule has 1 amide bonds. The van der Waals surface area contributed by atoms with E-state index < -0.39 is 17.5 Å². The highest BCUT2D eigenvalue weighted by atomic mass is 35.5. The van der Waals surface area contributed by atoms with Crippen molar-refractivity contribution in [2.75, 3.05) is 5.32 Å². The van der Waals surface area contributed by atoms with Crippen LogP contribution < -0.4 is 10.6 Å². The smallest absolute Gasteiger partial charge is 0.252 e. The van der Waals surface area contributed by atoms with E-state index in [-0.39, 0.29) is 11.7 Å². The van der Waals surface area contributed by atoms with Crippen LogP contribution in [0.5, 0.6) is 0 Å². The maximum atomic E-state index is 12.7. The molecule has 7 nitrogen and oxygen atoms in total. The molecule has 1 aromatic carbocycles. The van der Waals surface area contributed by atoms with Crippen LogP contribution in [0.2, 0.25) is 5.02 Å². The summed E-state index contributed by atoms with van der Waals surface area (Å²) in [5.41, 5.74) is 0.524. The summed E-state index contributed by atoms with van der Waals surface area (Å²) in [6.45, 7) is 5.70. The minimum atomic E-state index is -1.13. The number of rotatable bonds is 5. The zero-order chi connectivity index (χ0) is 21.4. The van der Waals surface area contributed by atoms with E-state index in [1.165, 1.54) is 0 Å². The van der Waals surface area contributed by atoms with Crippen molar-refractivity contribution in [1.82, 2.24) is 10.3 Å². The normalized spacial score (nSPS) is 12.6. The van der Waals surface area contributed by atoms with Gasteiger partial charge in [0.05, 0.1) is 24.0 Å². The number of benzene rings is 1. The number of halogens is 1. The highest BCUT2D eigenvalue weighted by Crippen LogP contribution is 2.22. The van der Waals surface area contributed by atoms with Gasteiger partial charge >= 0.3 is 0 Å². The van der Waals surface area contributed by atoms with Crippen molar-refractivity contribution in [3.63, 3.8) is 0 Å². The number of amidine groups is 1. The first-order valence-electron chi connectivity index (χ1n) is 8.85. The van der Waals surface area contributed by atoms with E-state index >= 15 is 0 Å². The number of hydrogen-bond donors (Lipinski definition) is 2. The van der Waals surface area contributed by atoms with Crippen LogP contribution in [0.15, 0.2) is 53.8 Å². The largest absolute Gasteiger partial charge is 0.341 e. The monoisotopic (exact) mass is 408 g/mol. The fraction of sp³-hybridized carbons (Fsp3) is 0.286. The lowest BCUT2D eigenvalue weighted by atomic mass is 9.92. The molecule has 0 spiro atoms. The van der Waals surface area contributed by atoms with Gasteiger partial charge in [0.15, 0.2) is 5.92 Å². The Kier molecular flexibility index (Phi) is 7.30. The van der Waals surface area contributed by atoms with Gasteiger partial charge < -0.3 is 10.6 Å². The van der Waals surface area contributed by atoms with Crippen molar-refractivity contribution < 1.29 is 4.79 Å². The summed E-state index contributed by atoms with van der Waals surface area (Å²) in [6, 6.07) is 13.8. The standard InChI is InChI=1S/C21H21ClN6O/c1-21(2,3)20(28-19(29)14-6-8-16(22)9-7-14)27-18(15(11-23)12-24)26-17-5-4-10-25-13-17/h4-10,13,15,20H,1-3H3,(H,26,27)(H,28,29). The molecule has 2 aromatic rings. The molecule has 0 fully saturated rings. The first-order valence-corrected chi connectivity index (χ1v) is 9.23. The van der Waals surface area contributed by atoms with Crippen LogP contribution in [0.3, 0.4) is 0 Å². The van der Waals surface area contributed by atoms with Gasteiger partial charge in [-0.2, -0.15) is 10.5 Å². The van der Waals surface area contributed by atoms with E-state index in [9.17, 15) is 15.3 Å². The fourth-order valence-electron chi connectivity index (χ4n) is 2.31. The molecule has 0 aliphatic heterocycles. The van der Waals surface area contributed by atoms with Gasteiger partial charge in [-0.05, 0) is 36.4 Å². The number of carbonyl (C=O) groups is 1. The van der Waals surface area contributed by atoms with Crippen LogP contribution in [-0.2, 0) is 0 Å². The topological polar surface area (TPSA) is 114 Å². The van der Waals surface area contributed by atoms with Crippen molar-refractivity contribution in [1.29, 1.82) is 10.5 Å². The second-order valence-corrected chi connectivity index (χ2v) is 7.76. The van der Waals surface area contributed by atoms with Gasteiger partial charge in [-0.25, -0.2) is 4.99 Å². The Morgan fingerprint density at radius 3 is 2.34 bits per heavy atom. The fourth-order valence-corrected chi connectivity index (χ4v) is 2.43. The van der Waals surface area contributed by atoms with Crippen LogP contribution in [0.4, 0.5) is 5.69 Å². The first-order chi connectivity index (χ1) is 13.7. The van der Waals surface area contributed by atoms with Gasteiger partial charge in [0, 0.05) is 22.2 Å². The Morgan fingerprint density at radius 2 is 1.83 bits per heavy atom. The van der Waals surface area contributed by atoms with Crippen molar-refractivity contribution in [3.05, 3.63) is 59.4 Å². The molecule has 0 saturated carbocycles. The molecule has 0 aliphatic carbocycles. The van der Waals surface area contributed by atoms with Gasteiger partial charge in [-0.1, -0.05) is 32.4 Å². The number of nitrogens with one attached hydrogen (secondary N) is 2. The number of pyridine rings is 1. The summed E-state index contributed by atoms with van der Waals surface area (Å²) in [4.78, 5) is 21.2. The molecular weight excluding hydrogens is 388 g/mol. The Bertz CT molecular complexity index is 938. The quantitative estimate of drug-likeness (QED) is 0.573. The Balaban J connectivity index is 2.37. The average Bonchev–Trinajstić information content (AvgIpc) is 2.68. The summed E-state index contributed by atoms with van der Waals surface area (Å²) in [7, 11) is 0. The molecule has 0 radical (unpaired) electrons. The van der Waals surface area contributed by atoms with Crippen LogP contribution in [0.25, 0.3) is 0 Å².